The van der Waals surface area contributed by atoms with Gasteiger partial charge in [-0.25, -0.2) is 0 Å². The number of hydrogen-bond donors (Lipinski definition) is 1. The van der Waals surface area contributed by atoms with E-state index in [0.29, 0.717) is 5.76 Å². The second-order valence-corrected chi connectivity index (χ2v) is 3.93. The predicted molar refractivity (Wildman–Crippen MR) is 54.6 cm³/mol. The van der Waals surface area contributed by atoms with E-state index in [4.69, 9.17) is 9.52 Å². The van der Waals surface area contributed by atoms with Crippen LogP contribution in [0.15, 0.2) is 27.1 Å². The summed E-state index contributed by atoms with van der Waals surface area (Å²) in [5.41, 5.74) is 1.93. The van der Waals surface area contributed by atoms with Crippen LogP contribution in [0.1, 0.15) is 11.3 Å². The standard InChI is InChI=1S/C10H9BrO2/c1-6-2-8(11)3-7-4-9(5-12)13-10(6)7/h2-4,12H,5H2,1H3. The zero-order valence-electron chi connectivity index (χ0n) is 7.17. The van der Waals surface area contributed by atoms with Crippen molar-refractivity contribution in [2.75, 3.05) is 0 Å². The Kier molecular flexibility index (Phi) is 2.14. The van der Waals surface area contributed by atoms with E-state index in [2.05, 4.69) is 15.9 Å². The van der Waals surface area contributed by atoms with E-state index in [-0.39, 0.29) is 6.61 Å². The molecule has 0 saturated carbocycles. The van der Waals surface area contributed by atoms with Gasteiger partial charge < -0.3 is 9.52 Å². The van der Waals surface area contributed by atoms with E-state index < -0.39 is 0 Å². The van der Waals surface area contributed by atoms with Gasteiger partial charge in [0.15, 0.2) is 0 Å². The van der Waals surface area contributed by atoms with Gasteiger partial charge in [-0.2, -0.15) is 0 Å². The second-order valence-electron chi connectivity index (χ2n) is 3.01. The number of furan rings is 1. The Morgan fingerprint density at radius 3 is 2.85 bits per heavy atom. The molecule has 0 fully saturated rings. The number of benzene rings is 1. The van der Waals surface area contributed by atoms with E-state index in [1.807, 2.05) is 25.1 Å². The van der Waals surface area contributed by atoms with Crippen molar-refractivity contribution >= 4 is 26.9 Å². The summed E-state index contributed by atoms with van der Waals surface area (Å²) in [6.07, 6.45) is 0. The van der Waals surface area contributed by atoms with Crippen molar-refractivity contribution in [2.45, 2.75) is 13.5 Å². The number of aliphatic hydroxyl groups excluding tert-OH is 1. The molecule has 0 saturated heterocycles. The van der Waals surface area contributed by atoms with Gasteiger partial charge in [0, 0.05) is 9.86 Å². The summed E-state index contributed by atoms with van der Waals surface area (Å²) >= 11 is 3.41. The second kappa shape index (κ2) is 3.16. The van der Waals surface area contributed by atoms with Crippen LogP contribution in [0.25, 0.3) is 11.0 Å². The normalized spacial score (nSPS) is 11.0. The molecule has 3 heteroatoms. The molecule has 1 aromatic heterocycles. The molecule has 0 spiro atoms. The van der Waals surface area contributed by atoms with E-state index in [1.165, 1.54) is 0 Å². The lowest BCUT2D eigenvalue weighted by molar-refractivity contribution is 0.251. The highest BCUT2D eigenvalue weighted by molar-refractivity contribution is 9.10. The summed E-state index contributed by atoms with van der Waals surface area (Å²) in [5.74, 6) is 0.608. The minimum atomic E-state index is -0.0499. The summed E-state index contributed by atoms with van der Waals surface area (Å²) < 4.78 is 6.46. The molecule has 1 N–H and O–H groups in total. The number of aliphatic hydroxyl groups is 1. The number of hydrogen-bond acceptors (Lipinski definition) is 2. The molecule has 2 rings (SSSR count). The fraction of sp³-hybridized carbons (Fsp3) is 0.200. The molecule has 2 aromatic rings. The summed E-state index contributed by atoms with van der Waals surface area (Å²) in [6.45, 7) is 1.93. The molecule has 0 bridgehead atoms. The maximum Gasteiger partial charge on any atom is 0.137 e. The smallest absolute Gasteiger partial charge is 0.137 e. The zero-order chi connectivity index (χ0) is 9.42. The van der Waals surface area contributed by atoms with E-state index in [0.717, 1.165) is 21.0 Å². The molecule has 1 heterocycles. The lowest BCUT2D eigenvalue weighted by Gasteiger charge is -1.95. The quantitative estimate of drug-likeness (QED) is 0.832. The van der Waals surface area contributed by atoms with Gasteiger partial charge in [0.2, 0.25) is 0 Å². The molecule has 0 unspecified atom stereocenters. The van der Waals surface area contributed by atoms with Crippen LogP contribution >= 0.6 is 15.9 Å². The summed E-state index contributed by atoms with van der Waals surface area (Å²) in [6, 6.07) is 5.82. The topological polar surface area (TPSA) is 33.4 Å². The van der Waals surface area contributed by atoms with Crippen LogP contribution in [0.2, 0.25) is 0 Å². The third-order valence-electron chi connectivity index (χ3n) is 1.97. The van der Waals surface area contributed by atoms with Crippen LogP contribution in [-0.4, -0.2) is 5.11 Å². The van der Waals surface area contributed by atoms with Crippen molar-refractivity contribution in [3.8, 4) is 0 Å². The molecular formula is C10H9BrO2. The lowest BCUT2D eigenvalue weighted by atomic mass is 10.2. The van der Waals surface area contributed by atoms with Crippen molar-refractivity contribution in [3.05, 3.63) is 34.0 Å². The van der Waals surface area contributed by atoms with Gasteiger partial charge in [-0.3, -0.25) is 0 Å². The summed E-state index contributed by atoms with van der Waals surface area (Å²) in [5, 5.41) is 9.92. The number of aryl methyl sites for hydroxylation is 1. The van der Waals surface area contributed by atoms with Crippen molar-refractivity contribution in [3.63, 3.8) is 0 Å². The number of halogens is 1. The molecule has 0 amide bonds. The summed E-state index contributed by atoms with van der Waals surface area (Å²) in [4.78, 5) is 0. The Bertz CT molecular complexity index is 445. The van der Waals surface area contributed by atoms with Crippen molar-refractivity contribution in [1.29, 1.82) is 0 Å². The van der Waals surface area contributed by atoms with Crippen LogP contribution in [0.5, 0.6) is 0 Å². The van der Waals surface area contributed by atoms with Gasteiger partial charge in [-0.1, -0.05) is 15.9 Å². The number of fused-ring (bicyclic) bond motifs is 1. The highest BCUT2D eigenvalue weighted by Gasteiger charge is 2.05. The molecule has 0 aliphatic carbocycles. The molecule has 0 aliphatic heterocycles. The molecule has 0 radical (unpaired) electrons. The minimum absolute atomic E-state index is 0.0499. The van der Waals surface area contributed by atoms with Crippen LogP contribution < -0.4 is 0 Å². The van der Waals surface area contributed by atoms with Crippen molar-refractivity contribution in [2.24, 2.45) is 0 Å². The van der Waals surface area contributed by atoms with Gasteiger partial charge in [0.25, 0.3) is 0 Å². The monoisotopic (exact) mass is 240 g/mol. The fourth-order valence-corrected chi connectivity index (χ4v) is 2.00. The predicted octanol–water partition coefficient (Wildman–Crippen LogP) is 3.00. The molecular weight excluding hydrogens is 232 g/mol. The van der Waals surface area contributed by atoms with E-state index >= 15 is 0 Å². The van der Waals surface area contributed by atoms with Gasteiger partial charge in [0.1, 0.15) is 18.0 Å². The Morgan fingerprint density at radius 2 is 2.15 bits per heavy atom. The largest absolute Gasteiger partial charge is 0.458 e. The Morgan fingerprint density at radius 1 is 1.38 bits per heavy atom. The maximum absolute atomic E-state index is 8.89. The molecule has 68 valence electrons. The highest BCUT2D eigenvalue weighted by Crippen LogP contribution is 2.26. The van der Waals surface area contributed by atoms with Gasteiger partial charge >= 0.3 is 0 Å². The first-order chi connectivity index (χ1) is 6.20. The Labute approximate surface area is 84.3 Å². The third-order valence-corrected chi connectivity index (χ3v) is 2.43. The summed E-state index contributed by atoms with van der Waals surface area (Å²) in [7, 11) is 0. The molecule has 0 aliphatic rings. The maximum atomic E-state index is 8.89. The van der Waals surface area contributed by atoms with Crippen LogP contribution in [0, 0.1) is 6.92 Å². The number of rotatable bonds is 1. The van der Waals surface area contributed by atoms with Gasteiger partial charge in [-0.15, -0.1) is 0 Å². The minimum Gasteiger partial charge on any atom is -0.458 e. The highest BCUT2D eigenvalue weighted by atomic mass is 79.9. The molecule has 13 heavy (non-hydrogen) atoms. The van der Waals surface area contributed by atoms with Gasteiger partial charge in [0.05, 0.1) is 0 Å². The first-order valence-corrected chi connectivity index (χ1v) is 4.79. The average molecular weight is 241 g/mol. The average Bonchev–Trinajstić information content (AvgIpc) is 2.47. The van der Waals surface area contributed by atoms with E-state index in [1.54, 1.807) is 0 Å². The third kappa shape index (κ3) is 1.49. The zero-order valence-corrected chi connectivity index (χ0v) is 8.76. The Hall–Kier alpha value is -0.800. The van der Waals surface area contributed by atoms with Crippen LogP contribution in [0.4, 0.5) is 0 Å². The van der Waals surface area contributed by atoms with Crippen molar-refractivity contribution in [1.82, 2.24) is 0 Å². The van der Waals surface area contributed by atoms with Crippen molar-refractivity contribution < 1.29 is 9.52 Å². The Balaban J connectivity index is 2.75. The molecule has 2 nitrogen and oxygen atoms in total. The lowest BCUT2D eigenvalue weighted by Crippen LogP contribution is -1.73. The molecule has 1 aromatic carbocycles. The van der Waals surface area contributed by atoms with Crippen LogP contribution in [0.3, 0.4) is 0 Å². The van der Waals surface area contributed by atoms with Crippen LogP contribution in [-0.2, 0) is 6.61 Å². The first kappa shape index (κ1) is 8.78. The van der Waals surface area contributed by atoms with E-state index in [9.17, 15) is 0 Å². The SMILES string of the molecule is Cc1cc(Br)cc2cc(CO)oc12. The molecule has 0 atom stereocenters. The first-order valence-electron chi connectivity index (χ1n) is 4.00. The van der Waals surface area contributed by atoms with Gasteiger partial charge in [-0.05, 0) is 30.7 Å². The fourth-order valence-electron chi connectivity index (χ4n) is 1.41.